The third-order valence-electron chi connectivity index (χ3n) is 1.69. The first-order valence-corrected chi connectivity index (χ1v) is 4.53. The fraction of sp³-hybridized carbons (Fsp3) is 0.333. The van der Waals surface area contributed by atoms with Crippen LogP contribution in [0.2, 0.25) is 0 Å². The summed E-state index contributed by atoms with van der Waals surface area (Å²) < 4.78 is 6.10. The van der Waals surface area contributed by atoms with E-state index in [0.717, 1.165) is 15.6 Å². The van der Waals surface area contributed by atoms with Gasteiger partial charge in [-0.2, -0.15) is 0 Å². The van der Waals surface area contributed by atoms with E-state index in [2.05, 4.69) is 15.9 Å². The van der Waals surface area contributed by atoms with E-state index in [9.17, 15) is 0 Å². The number of methoxy groups -OCH3 is 1. The smallest absolute Gasteiger partial charge is 0.0716 e. The lowest BCUT2D eigenvalue weighted by atomic mass is 10.1. The van der Waals surface area contributed by atoms with Gasteiger partial charge in [-0.1, -0.05) is 22.0 Å². The van der Waals surface area contributed by atoms with E-state index < -0.39 is 0 Å². The Hall–Kier alpha value is -0.380. The first kappa shape index (κ1) is 9.71. The third-order valence-corrected chi connectivity index (χ3v) is 2.18. The van der Waals surface area contributed by atoms with Gasteiger partial charge in [0.05, 0.1) is 6.61 Å². The largest absolute Gasteiger partial charge is 0.380 e. The van der Waals surface area contributed by atoms with Crippen LogP contribution in [0.3, 0.4) is 0 Å². The fourth-order valence-corrected chi connectivity index (χ4v) is 1.49. The molecule has 0 unspecified atom stereocenters. The second kappa shape index (κ2) is 4.60. The van der Waals surface area contributed by atoms with Crippen LogP contribution in [-0.2, 0) is 17.9 Å². The zero-order valence-corrected chi connectivity index (χ0v) is 8.60. The van der Waals surface area contributed by atoms with E-state index in [1.807, 2.05) is 18.2 Å². The zero-order chi connectivity index (χ0) is 8.97. The summed E-state index contributed by atoms with van der Waals surface area (Å²) >= 11 is 3.39. The highest BCUT2D eigenvalue weighted by Crippen LogP contribution is 2.16. The molecule has 0 amide bonds. The topological polar surface area (TPSA) is 35.2 Å². The molecule has 0 aliphatic rings. The maximum atomic E-state index is 5.57. The number of nitrogens with two attached hydrogens (primary N) is 1. The Kier molecular flexibility index (Phi) is 3.72. The van der Waals surface area contributed by atoms with E-state index in [1.165, 1.54) is 0 Å². The molecule has 0 aliphatic carbocycles. The van der Waals surface area contributed by atoms with Gasteiger partial charge in [0, 0.05) is 18.1 Å². The van der Waals surface area contributed by atoms with Crippen molar-refractivity contribution >= 4 is 15.9 Å². The predicted octanol–water partition coefficient (Wildman–Crippen LogP) is 2.05. The van der Waals surface area contributed by atoms with Crippen LogP contribution in [0.5, 0.6) is 0 Å². The van der Waals surface area contributed by atoms with Gasteiger partial charge in [-0.15, -0.1) is 0 Å². The summed E-state index contributed by atoms with van der Waals surface area (Å²) in [4.78, 5) is 0. The van der Waals surface area contributed by atoms with Gasteiger partial charge in [-0.05, 0) is 23.3 Å². The Labute approximate surface area is 80.8 Å². The van der Waals surface area contributed by atoms with E-state index in [-0.39, 0.29) is 0 Å². The van der Waals surface area contributed by atoms with Crippen molar-refractivity contribution in [1.82, 2.24) is 0 Å². The molecule has 0 aromatic heterocycles. The average molecular weight is 230 g/mol. The number of ether oxygens (including phenoxy) is 1. The summed E-state index contributed by atoms with van der Waals surface area (Å²) in [7, 11) is 1.68. The van der Waals surface area contributed by atoms with Crippen molar-refractivity contribution in [2.45, 2.75) is 13.2 Å². The molecule has 0 atom stereocenters. The summed E-state index contributed by atoms with van der Waals surface area (Å²) in [5, 5.41) is 0. The van der Waals surface area contributed by atoms with E-state index >= 15 is 0 Å². The van der Waals surface area contributed by atoms with Crippen molar-refractivity contribution in [2.75, 3.05) is 7.11 Å². The highest BCUT2D eigenvalue weighted by molar-refractivity contribution is 9.10. The van der Waals surface area contributed by atoms with Crippen molar-refractivity contribution in [3.63, 3.8) is 0 Å². The average Bonchev–Trinajstić information content (AvgIpc) is 2.08. The quantitative estimate of drug-likeness (QED) is 0.862. The van der Waals surface area contributed by atoms with E-state index in [4.69, 9.17) is 10.5 Å². The van der Waals surface area contributed by atoms with Gasteiger partial charge >= 0.3 is 0 Å². The molecule has 0 bridgehead atoms. The van der Waals surface area contributed by atoms with Crippen molar-refractivity contribution in [2.24, 2.45) is 5.73 Å². The number of hydrogen-bond donors (Lipinski definition) is 1. The number of hydrogen-bond acceptors (Lipinski definition) is 2. The molecule has 1 rings (SSSR count). The minimum absolute atomic E-state index is 0.554. The van der Waals surface area contributed by atoms with Crippen LogP contribution in [-0.4, -0.2) is 7.11 Å². The van der Waals surface area contributed by atoms with Gasteiger partial charge in [0.1, 0.15) is 0 Å². The van der Waals surface area contributed by atoms with E-state index in [1.54, 1.807) is 7.11 Å². The first-order valence-electron chi connectivity index (χ1n) is 3.74. The van der Waals surface area contributed by atoms with Gasteiger partial charge in [-0.25, -0.2) is 0 Å². The molecule has 2 N–H and O–H groups in total. The third kappa shape index (κ3) is 2.30. The minimum Gasteiger partial charge on any atom is -0.380 e. The van der Waals surface area contributed by atoms with E-state index in [0.29, 0.717) is 13.2 Å². The highest BCUT2D eigenvalue weighted by atomic mass is 79.9. The molecule has 0 saturated carbocycles. The Bertz CT molecular complexity index is 263. The summed E-state index contributed by atoms with van der Waals surface area (Å²) in [6, 6.07) is 6.04. The van der Waals surface area contributed by atoms with Crippen LogP contribution in [0.15, 0.2) is 22.7 Å². The molecule has 2 nitrogen and oxygen atoms in total. The van der Waals surface area contributed by atoms with Crippen LogP contribution in [0.25, 0.3) is 0 Å². The monoisotopic (exact) mass is 229 g/mol. The van der Waals surface area contributed by atoms with Gasteiger partial charge in [0.2, 0.25) is 0 Å². The molecule has 0 saturated heterocycles. The van der Waals surface area contributed by atoms with Crippen LogP contribution >= 0.6 is 15.9 Å². The standard InChI is InChI=1S/C9H12BrNO/c1-12-6-7-2-3-9(10)4-8(7)5-11/h2-4H,5-6,11H2,1H3. The lowest BCUT2D eigenvalue weighted by molar-refractivity contribution is 0.184. The Balaban J connectivity index is 2.94. The van der Waals surface area contributed by atoms with Crippen LogP contribution in [0, 0.1) is 0 Å². The molecule has 0 radical (unpaired) electrons. The molecule has 12 heavy (non-hydrogen) atoms. The maximum absolute atomic E-state index is 5.57. The number of benzene rings is 1. The molecule has 0 heterocycles. The normalized spacial score (nSPS) is 10.2. The molecule has 0 spiro atoms. The molecule has 66 valence electrons. The van der Waals surface area contributed by atoms with Gasteiger partial charge < -0.3 is 10.5 Å². The van der Waals surface area contributed by atoms with Crippen LogP contribution in [0.4, 0.5) is 0 Å². The fourth-order valence-electron chi connectivity index (χ4n) is 1.08. The molecular formula is C9H12BrNO. The molecule has 3 heteroatoms. The van der Waals surface area contributed by atoms with Crippen molar-refractivity contribution in [3.05, 3.63) is 33.8 Å². The molecule has 0 fully saturated rings. The SMILES string of the molecule is COCc1ccc(Br)cc1CN. The Morgan fingerprint density at radius 2 is 2.17 bits per heavy atom. The minimum atomic E-state index is 0.554. The second-order valence-electron chi connectivity index (χ2n) is 2.55. The van der Waals surface area contributed by atoms with Crippen molar-refractivity contribution in [3.8, 4) is 0 Å². The Morgan fingerprint density at radius 1 is 1.42 bits per heavy atom. The predicted molar refractivity (Wildman–Crippen MR) is 52.7 cm³/mol. The molecule has 0 aliphatic heterocycles. The maximum Gasteiger partial charge on any atom is 0.0716 e. The van der Waals surface area contributed by atoms with Gasteiger partial charge in [0.15, 0.2) is 0 Å². The van der Waals surface area contributed by atoms with Crippen molar-refractivity contribution in [1.29, 1.82) is 0 Å². The number of rotatable bonds is 3. The zero-order valence-electron chi connectivity index (χ0n) is 7.01. The Morgan fingerprint density at radius 3 is 2.75 bits per heavy atom. The van der Waals surface area contributed by atoms with Crippen LogP contribution < -0.4 is 5.73 Å². The lowest BCUT2D eigenvalue weighted by Crippen LogP contribution is -2.02. The highest BCUT2D eigenvalue weighted by Gasteiger charge is 2.00. The lowest BCUT2D eigenvalue weighted by Gasteiger charge is -2.06. The van der Waals surface area contributed by atoms with Crippen LogP contribution in [0.1, 0.15) is 11.1 Å². The number of halogens is 1. The molecule has 1 aromatic rings. The summed E-state index contributed by atoms with van der Waals surface area (Å²) in [5.41, 5.74) is 7.86. The second-order valence-corrected chi connectivity index (χ2v) is 3.47. The molecule has 1 aromatic carbocycles. The van der Waals surface area contributed by atoms with Gasteiger partial charge in [0.25, 0.3) is 0 Å². The van der Waals surface area contributed by atoms with Crippen molar-refractivity contribution < 1.29 is 4.74 Å². The summed E-state index contributed by atoms with van der Waals surface area (Å²) in [6.07, 6.45) is 0. The molecular weight excluding hydrogens is 218 g/mol. The first-order chi connectivity index (χ1) is 5.77. The summed E-state index contributed by atoms with van der Waals surface area (Å²) in [6.45, 7) is 1.18. The van der Waals surface area contributed by atoms with Gasteiger partial charge in [-0.3, -0.25) is 0 Å². The summed E-state index contributed by atoms with van der Waals surface area (Å²) in [5.74, 6) is 0.